The molecule has 0 fully saturated rings. The molecule has 0 radical (unpaired) electrons. The zero-order valence-corrected chi connectivity index (χ0v) is 8.33. The van der Waals surface area contributed by atoms with E-state index in [0.717, 1.165) is 23.9 Å². The first-order valence-electron chi connectivity index (χ1n) is 4.94. The summed E-state index contributed by atoms with van der Waals surface area (Å²) in [4.78, 5) is 4.21. The molecule has 0 atom stereocenters. The maximum absolute atomic E-state index is 5.88. The largest absolute Gasteiger partial charge is 0.398 e. The highest BCUT2D eigenvalue weighted by atomic mass is 14.6. The number of anilines is 1. The molecule has 2 aromatic rings. The molecule has 1 aromatic carbocycles. The van der Waals surface area contributed by atoms with Gasteiger partial charge in [-0.25, -0.2) is 0 Å². The molecule has 0 aliphatic rings. The van der Waals surface area contributed by atoms with Crippen LogP contribution in [-0.4, -0.2) is 4.98 Å². The van der Waals surface area contributed by atoms with Gasteiger partial charge in [0.25, 0.3) is 0 Å². The fourth-order valence-electron chi connectivity index (χ4n) is 1.75. The Labute approximate surface area is 83.8 Å². The van der Waals surface area contributed by atoms with Crippen LogP contribution in [0.25, 0.3) is 10.8 Å². The summed E-state index contributed by atoms with van der Waals surface area (Å²) in [5, 5.41) is 2.31. The highest BCUT2D eigenvalue weighted by Gasteiger charge is 2.02. The number of nitrogens with two attached hydrogens (primary N) is 1. The van der Waals surface area contributed by atoms with Crippen LogP contribution in [0.5, 0.6) is 0 Å². The highest BCUT2D eigenvalue weighted by molar-refractivity contribution is 5.94. The fourth-order valence-corrected chi connectivity index (χ4v) is 1.75. The third kappa shape index (κ3) is 1.43. The Balaban J connectivity index is 2.68. The molecule has 0 saturated carbocycles. The predicted octanol–water partition coefficient (Wildman–Crippen LogP) is 2.77. The van der Waals surface area contributed by atoms with Crippen molar-refractivity contribution in [3.63, 3.8) is 0 Å². The quantitative estimate of drug-likeness (QED) is 0.732. The van der Waals surface area contributed by atoms with Gasteiger partial charge < -0.3 is 5.73 Å². The zero-order chi connectivity index (χ0) is 9.97. The lowest BCUT2D eigenvalue weighted by molar-refractivity contribution is 0.923. The molecule has 72 valence electrons. The normalized spacial score (nSPS) is 10.6. The first-order valence-corrected chi connectivity index (χ1v) is 4.94. The fraction of sp³-hybridized carbons (Fsp3) is 0.250. The Morgan fingerprint density at radius 1 is 1.21 bits per heavy atom. The second-order valence-electron chi connectivity index (χ2n) is 3.49. The first kappa shape index (κ1) is 9.00. The lowest BCUT2D eigenvalue weighted by Gasteiger charge is -2.05. The maximum atomic E-state index is 5.88. The number of aryl methyl sites for hydroxylation is 1. The van der Waals surface area contributed by atoms with Gasteiger partial charge in [-0.3, -0.25) is 4.98 Å². The van der Waals surface area contributed by atoms with E-state index in [1.165, 1.54) is 10.9 Å². The summed E-state index contributed by atoms with van der Waals surface area (Å²) in [6, 6.07) is 6.02. The van der Waals surface area contributed by atoms with E-state index in [4.69, 9.17) is 5.73 Å². The third-order valence-corrected chi connectivity index (χ3v) is 2.44. The zero-order valence-electron chi connectivity index (χ0n) is 8.33. The molecule has 2 nitrogen and oxygen atoms in total. The minimum atomic E-state index is 0.813. The van der Waals surface area contributed by atoms with Crippen LogP contribution in [0.2, 0.25) is 0 Å². The molecule has 0 saturated heterocycles. The van der Waals surface area contributed by atoms with Crippen LogP contribution < -0.4 is 5.73 Å². The van der Waals surface area contributed by atoms with Gasteiger partial charge >= 0.3 is 0 Å². The van der Waals surface area contributed by atoms with Gasteiger partial charge in [-0.1, -0.05) is 25.5 Å². The molecule has 0 bridgehead atoms. The Kier molecular flexibility index (Phi) is 2.35. The van der Waals surface area contributed by atoms with Crippen molar-refractivity contribution < 1.29 is 0 Å². The summed E-state index contributed by atoms with van der Waals surface area (Å²) < 4.78 is 0. The molecule has 1 heterocycles. The summed E-state index contributed by atoms with van der Waals surface area (Å²) in [6.07, 6.45) is 5.97. The summed E-state index contributed by atoms with van der Waals surface area (Å²) in [7, 11) is 0. The van der Waals surface area contributed by atoms with Crippen molar-refractivity contribution in [3.05, 3.63) is 36.2 Å². The van der Waals surface area contributed by atoms with E-state index in [2.05, 4.69) is 18.0 Å². The summed E-state index contributed by atoms with van der Waals surface area (Å²) in [5.41, 5.74) is 7.98. The molecule has 0 aliphatic carbocycles. The Morgan fingerprint density at radius 2 is 2.07 bits per heavy atom. The molecule has 0 unspecified atom stereocenters. The van der Waals surface area contributed by atoms with Crippen LogP contribution in [-0.2, 0) is 6.42 Å². The van der Waals surface area contributed by atoms with Crippen LogP contribution in [0, 0.1) is 0 Å². The Hall–Kier alpha value is -1.57. The van der Waals surface area contributed by atoms with Gasteiger partial charge in [-0.05, 0) is 23.4 Å². The van der Waals surface area contributed by atoms with E-state index in [1.807, 2.05) is 24.5 Å². The molecule has 0 spiro atoms. The van der Waals surface area contributed by atoms with Crippen LogP contribution in [0.4, 0.5) is 5.69 Å². The van der Waals surface area contributed by atoms with Crippen molar-refractivity contribution in [3.8, 4) is 0 Å². The molecule has 2 rings (SSSR count). The van der Waals surface area contributed by atoms with Crippen LogP contribution in [0.1, 0.15) is 18.9 Å². The standard InChI is InChI=1S/C12H14N2/c1-2-4-9-7-14-8-11-10(9)5-3-6-12(11)13/h3,5-8H,2,4,13H2,1H3. The second-order valence-corrected chi connectivity index (χ2v) is 3.49. The molecular formula is C12H14N2. The van der Waals surface area contributed by atoms with Gasteiger partial charge in [0.1, 0.15) is 0 Å². The van der Waals surface area contributed by atoms with Gasteiger partial charge in [0, 0.05) is 23.5 Å². The first-order chi connectivity index (χ1) is 6.83. The molecule has 2 heteroatoms. The lowest BCUT2D eigenvalue weighted by Crippen LogP contribution is -1.92. The number of nitrogen functional groups attached to an aromatic ring is 1. The molecule has 0 amide bonds. The van der Waals surface area contributed by atoms with Gasteiger partial charge in [0.05, 0.1) is 0 Å². The summed E-state index contributed by atoms with van der Waals surface area (Å²) >= 11 is 0. The third-order valence-electron chi connectivity index (χ3n) is 2.44. The Bertz CT molecular complexity index is 449. The lowest BCUT2D eigenvalue weighted by atomic mass is 10.0. The molecule has 14 heavy (non-hydrogen) atoms. The smallest absolute Gasteiger partial charge is 0.0409 e. The Morgan fingerprint density at radius 3 is 2.86 bits per heavy atom. The molecule has 0 aliphatic heterocycles. The maximum Gasteiger partial charge on any atom is 0.0409 e. The minimum Gasteiger partial charge on any atom is -0.398 e. The van der Waals surface area contributed by atoms with Crippen LogP contribution >= 0.6 is 0 Å². The number of pyridine rings is 1. The van der Waals surface area contributed by atoms with Crippen molar-refractivity contribution in [1.82, 2.24) is 4.98 Å². The second kappa shape index (κ2) is 3.66. The van der Waals surface area contributed by atoms with Gasteiger partial charge in [0.15, 0.2) is 0 Å². The number of hydrogen-bond acceptors (Lipinski definition) is 2. The van der Waals surface area contributed by atoms with E-state index in [1.54, 1.807) is 0 Å². The van der Waals surface area contributed by atoms with Gasteiger partial charge in [0.2, 0.25) is 0 Å². The average molecular weight is 186 g/mol. The number of aromatic nitrogens is 1. The minimum absolute atomic E-state index is 0.813. The van der Waals surface area contributed by atoms with E-state index >= 15 is 0 Å². The average Bonchev–Trinajstić information content (AvgIpc) is 2.20. The molecule has 2 N–H and O–H groups in total. The number of nitrogens with zero attached hydrogens (tertiary/aromatic N) is 1. The number of rotatable bonds is 2. The molecule has 1 aromatic heterocycles. The highest BCUT2D eigenvalue weighted by Crippen LogP contribution is 2.23. The van der Waals surface area contributed by atoms with Crippen molar-refractivity contribution in [1.29, 1.82) is 0 Å². The van der Waals surface area contributed by atoms with Crippen LogP contribution in [0.15, 0.2) is 30.6 Å². The SMILES string of the molecule is CCCc1cncc2c(N)cccc12. The summed E-state index contributed by atoms with van der Waals surface area (Å²) in [5.74, 6) is 0. The van der Waals surface area contributed by atoms with Crippen molar-refractivity contribution in [2.75, 3.05) is 5.73 Å². The van der Waals surface area contributed by atoms with E-state index in [-0.39, 0.29) is 0 Å². The van der Waals surface area contributed by atoms with E-state index in [0.29, 0.717) is 0 Å². The van der Waals surface area contributed by atoms with Gasteiger partial charge in [-0.15, -0.1) is 0 Å². The van der Waals surface area contributed by atoms with Crippen molar-refractivity contribution in [2.45, 2.75) is 19.8 Å². The number of fused-ring (bicyclic) bond motifs is 1. The predicted molar refractivity (Wildman–Crippen MR) is 60.2 cm³/mol. The number of benzene rings is 1. The van der Waals surface area contributed by atoms with Crippen molar-refractivity contribution in [2.24, 2.45) is 0 Å². The van der Waals surface area contributed by atoms with Gasteiger partial charge in [-0.2, -0.15) is 0 Å². The number of hydrogen-bond donors (Lipinski definition) is 1. The molecular weight excluding hydrogens is 172 g/mol. The summed E-state index contributed by atoms with van der Waals surface area (Å²) in [6.45, 7) is 2.17. The van der Waals surface area contributed by atoms with Crippen molar-refractivity contribution >= 4 is 16.5 Å². The van der Waals surface area contributed by atoms with E-state index in [9.17, 15) is 0 Å². The monoisotopic (exact) mass is 186 g/mol. The van der Waals surface area contributed by atoms with Crippen LogP contribution in [0.3, 0.4) is 0 Å². The van der Waals surface area contributed by atoms with E-state index < -0.39 is 0 Å². The topological polar surface area (TPSA) is 38.9 Å².